The Morgan fingerprint density at radius 2 is 1.95 bits per heavy atom. The van der Waals surface area contributed by atoms with Crippen LogP contribution in [0.3, 0.4) is 0 Å². The summed E-state index contributed by atoms with van der Waals surface area (Å²) < 4.78 is 1.81. The average molecular weight is 320 g/mol. The van der Waals surface area contributed by atoms with E-state index in [9.17, 15) is 4.79 Å². The number of aromatic nitrogens is 2. The zero-order valence-electron chi connectivity index (χ0n) is 13.5. The van der Waals surface area contributed by atoms with Crippen LogP contribution in [0.5, 0.6) is 0 Å². The zero-order valence-corrected chi connectivity index (χ0v) is 14.2. The average Bonchev–Trinajstić information content (AvgIpc) is 2.72. The van der Waals surface area contributed by atoms with Crippen LogP contribution in [-0.2, 0) is 18.3 Å². The largest absolute Gasteiger partial charge is 0.349 e. The molecule has 1 aromatic heterocycles. The van der Waals surface area contributed by atoms with Crippen LogP contribution in [0.1, 0.15) is 41.9 Å². The molecule has 22 heavy (non-hydrogen) atoms. The molecule has 0 bridgehead atoms. The molecule has 1 heterocycles. The van der Waals surface area contributed by atoms with Crippen LogP contribution in [0.4, 0.5) is 0 Å². The third-order valence-corrected chi connectivity index (χ3v) is 4.26. The van der Waals surface area contributed by atoms with Crippen molar-refractivity contribution < 1.29 is 4.79 Å². The van der Waals surface area contributed by atoms with Crippen LogP contribution in [-0.4, -0.2) is 15.7 Å². The first-order valence-electron chi connectivity index (χ1n) is 7.46. The monoisotopic (exact) mass is 319 g/mol. The lowest BCUT2D eigenvalue weighted by atomic mass is 10.0. The minimum absolute atomic E-state index is 0.00190. The highest BCUT2D eigenvalue weighted by Gasteiger charge is 2.17. The van der Waals surface area contributed by atoms with Crippen molar-refractivity contribution >= 4 is 17.5 Å². The van der Waals surface area contributed by atoms with Gasteiger partial charge in [0.05, 0.1) is 18.2 Å². The van der Waals surface area contributed by atoms with E-state index >= 15 is 0 Å². The molecule has 0 aliphatic carbocycles. The second-order valence-corrected chi connectivity index (χ2v) is 5.97. The summed E-state index contributed by atoms with van der Waals surface area (Å²) >= 11 is 5.91. The summed E-state index contributed by atoms with van der Waals surface area (Å²) in [7, 11) is 1.90. The molecule has 1 aromatic carbocycles. The van der Waals surface area contributed by atoms with Gasteiger partial charge in [0.1, 0.15) is 0 Å². The molecule has 2 aromatic rings. The van der Waals surface area contributed by atoms with Gasteiger partial charge in [-0.1, -0.05) is 30.7 Å². The van der Waals surface area contributed by atoms with Gasteiger partial charge >= 0.3 is 0 Å². The Labute approximate surface area is 136 Å². The first kappa shape index (κ1) is 16.6. The minimum Gasteiger partial charge on any atom is -0.349 e. The number of halogens is 1. The molecular weight excluding hydrogens is 298 g/mol. The van der Waals surface area contributed by atoms with Gasteiger partial charge in [-0.3, -0.25) is 9.48 Å². The molecule has 118 valence electrons. The highest BCUT2D eigenvalue weighted by Crippen LogP contribution is 2.20. The van der Waals surface area contributed by atoms with Crippen LogP contribution >= 0.6 is 11.6 Å². The third-order valence-electron chi connectivity index (χ3n) is 4.01. The lowest BCUT2D eigenvalue weighted by molar-refractivity contribution is -0.121. The lowest BCUT2D eigenvalue weighted by Gasteiger charge is -2.17. The molecule has 0 fully saturated rings. The van der Waals surface area contributed by atoms with Gasteiger partial charge in [0.25, 0.3) is 0 Å². The van der Waals surface area contributed by atoms with Crippen LogP contribution in [0, 0.1) is 13.8 Å². The van der Waals surface area contributed by atoms with E-state index in [-0.39, 0.29) is 11.9 Å². The van der Waals surface area contributed by atoms with Crippen molar-refractivity contribution in [1.29, 1.82) is 0 Å². The maximum Gasteiger partial charge on any atom is 0.225 e. The number of rotatable bonds is 5. The molecule has 0 saturated heterocycles. The van der Waals surface area contributed by atoms with Crippen molar-refractivity contribution in [3.8, 4) is 0 Å². The Kier molecular flexibility index (Phi) is 5.24. The molecule has 0 aliphatic heterocycles. The van der Waals surface area contributed by atoms with Crippen LogP contribution < -0.4 is 5.32 Å². The van der Waals surface area contributed by atoms with Crippen LogP contribution in [0.2, 0.25) is 5.02 Å². The van der Waals surface area contributed by atoms with Crippen molar-refractivity contribution in [2.75, 3.05) is 0 Å². The van der Waals surface area contributed by atoms with Crippen molar-refractivity contribution in [3.63, 3.8) is 0 Å². The van der Waals surface area contributed by atoms with Gasteiger partial charge in [0.15, 0.2) is 0 Å². The van der Waals surface area contributed by atoms with E-state index in [1.807, 2.05) is 49.8 Å². The molecule has 0 saturated carbocycles. The molecule has 0 unspecified atom stereocenters. The number of nitrogens with zero attached hydrogens (tertiary/aromatic N) is 2. The van der Waals surface area contributed by atoms with Gasteiger partial charge in [-0.25, -0.2) is 0 Å². The number of aryl methyl sites for hydroxylation is 2. The fourth-order valence-electron chi connectivity index (χ4n) is 2.60. The van der Waals surface area contributed by atoms with E-state index in [2.05, 4.69) is 17.3 Å². The molecule has 0 radical (unpaired) electrons. The van der Waals surface area contributed by atoms with Crippen LogP contribution in [0.25, 0.3) is 0 Å². The molecule has 0 spiro atoms. The van der Waals surface area contributed by atoms with E-state index in [1.165, 1.54) is 0 Å². The van der Waals surface area contributed by atoms with Crippen LogP contribution in [0.15, 0.2) is 24.3 Å². The summed E-state index contributed by atoms with van der Waals surface area (Å²) in [5, 5.41) is 8.15. The van der Waals surface area contributed by atoms with Crippen molar-refractivity contribution in [3.05, 3.63) is 51.8 Å². The summed E-state index contributed by atoms with van der Waals surface area (Å²) in [5.74, 6) is 0.0148. The van der Waals surface area contributed by atoms with Gasteiger partial charge in [0.2, 0.25) is 5.91 Å². The number of carbonyl (C=O) groups is 1. The van der Waals surface area contributed by atoms with Crippen molar-refractivity contribution in [2.45, 2.75) is 39.7 Å². The van der Waals surface area contributed by atoms with Crippen molar-refractivity contribution in [1.82, 2.24) is 15.1 Å². The quantitative estimate of drug-likeness (QED) is 0.917. The number of hydrogen-bond acceptors (Lipinski definition) is 2. The van der Waals surface area contributed by atoms with E-state index in [4.69, 9.17) is 11.6 Å². The second kappa shape index (κ2) is 6.97. The highest BCUT2D eigenvalue weighted by atomic mass is 35.5. The smallest absolute Gasteiger partial charge is 0.225 e. The zero-order chi connectivity index (χ0) is 16.3. The number of carbonyl (C=O) groups excluding carboxylic acids is 1. The normalized spacial score (nSPS) is 12.2. The van der Waals surface area contributed by atoms with E-state index in [0.717, 1.165) is 28.9 Å². The van der Waals surface area contributed by atoms with E-state index < -0.39 is 0 Å². The maximum absolute atomic E-state index is 12.4. The number of hydrogen-bond donors (Lipinski definition) is 1. The predicted octanol–water partition coefficient (Wildman–Crippen LogP) is 3.50. The lowest BCUT2D eigenvalue weighted by Crippen LogP contribution is -2.29. The summed E-state index contributed by atoms with van der Waals surface area (Å²) in [6.07, 6.45) is 1.19. The number of amides is 1. The van der Waals surface area contributed by atoms with Gasteiger partial charge < -0.3 is 5.32 Å². The molecule has 0 aliphatic rings. The Bertz CT molecular complexity index is 661. The number of nitrogens with one attached hydrogen (secondary N) is 1. The molecule has 5 heteroatoms. The standard InChI is InChI=1S/C17H22ClN3O/c1-5-16(13-6-8-14(18)9-7-13)19-17(22)10-15-11(2)20-21(4)12(15)3/h6-9,16H,5,10H2,1-4H3,(H,19,22)/t16-/m0/s1. The van der Waals surface area contributed by atoms with Gasteiger partial charge in [-0.15, -0.1) is 0 Å². The van der Waals surface area contributed by atoms with E-state index in [1.54, 1.807) is 0 Å². The summed E-state index contributed by atoms with van der Waals surface area (Å²) in [6, 6.07) is 7.61. The molecule has 2 rings (SSSR count). The number of benzene rings is 1. The highest BCUT2D eigenvalue weighted by molar-refractivity contribution is 6.30. The topological polar surface area (TPSA) is 46.9 Å². The predicted molar refractivity (Wildman–Crippen MR) is 89.0 cm³/mol. The summed E-state index contributed by atoms with van der Waals surface area (Å²) in [6.45, 7) is 5.98. The first-order chi connectivity index (χ1) is 10.4. The third kappa shape index (κ3) is 3.69. The fraction of sp³-hybridized carbons (Fsp3) is 0.412. The molecular formula is C17H22ClN3O. The molecule has 4 nitrogen and oxygen atoms in total. The Balaban J connectivity index is 2.08. The Morgan fingerprint density at radius 3 is 2.45 bits per heavy atom. The summed E-state index contributed by atoms with van der Waals surface area (Å²) in [4.78, 5) is 12.4. The van der Waals surface area contributed by atoms with Gasteiger partial charge in [-0.2, -0.15) is 5.10 Å². The molecule has 1 atom stereocenters. The van der Waals surface area contributed by atoms with E-state index in [0.29, 0.717) is 11.4 Å². The Morgan fingerprint density at radius 1 is 1.32 bits per heavy atom. The van der Waals surface area contributed by atoms with Gasteiger partial charge in [-0.05, 0) is 38.0 Å². The fourth-order valence-corrected chi connectivity index (χ4v) is 2.72. The minimum atomic E-state index is 0.00190. The Hall–Kier alpha value is -1.81. The second-order valence-electron chi connectivity index (χ2n) is 5.53. The molecule has 1 N–H and O–H groups in total. The SMILES string of the molecule is CC[C@H](NC(=O)Cc1c(C)nn(C)c1C)c1ccc(Cl)cc1. The van der Waals surface area contributed by atoms with Gasteiger partial charge in [0, 0.05) is 23.3 Å². The first-order valence-corrected chi connectivity index (χ1v) is 7.84. The van der Waals surface area contributed by atoms with Crippen molar-refractivity contribution in [2.24, 2.45) is 7.05 Å². The maximum atomic E-state index is 12.4. The summed E-state index contributed by atoms with van der Waals surface area (Å²) in [5.41, 5.74) is 4.02. The molecule has 1 amide bonds.